The van der Waals surface area contributed by atoms with Crippen molar-refractivity contribution < 1.29 is 31.4 Å². The number of hydrogen-bond donors (Lipinski definition) is 1. The Morgan fingerprint density at radius 2 is 1.80 bits per heavy atom. The van der Waals surface area contributed by atoms with Crippen molar-refractivity contribution in [1.29, 1.82) is 0 Å². The van der Waals surface area contributed by atoms with Gasteiger partial charge in [0.15, 0.2) is 17.7 Å². The van der Waals surface area contributed by atoms with Gasteiger partial charge in [0, 0.05) is 12.0 Å². The lowest BCUT2D eigenvalue weighted by Gasteiger charge is -2.12. The summed E-state index contributed by atoms with van der Waals surface area (Å²) in [5.74, 6) is 1.59. The first-order valence-corrected chi connectivity index (χ1v) is 4.66. The third-order valence-electron chi connectivity index (χ3n) is 2.44. The molecule has 0 unspecified atom stereocenters. The van der Waals surface area contributed by atoms with E-state index in [0.29, 0.717) is 0 Å². The van der Waals surface area contributed by atoms with E-state index in [0.717, 1.165) is 24.5 Å². The third kappa shape index (κ3) is 2.31. The van der Waals surface area contributed by atoms with Crippen LogP contribution in [0.2, 0.25) is 0 Å². The largest absolute Gasteiger partial charge is 1.00 e. The molecule has 1 aliphatic heterocycles. The molecule has 1 aromatic carbocycles. The van der Waals surface area contributed by atoms with E-state index in [-0.39, 0.29) is 17.0 Å². The first-order valence-electron chi connectivity index (χ1n) is 4.66. The Bertz CT molecular complexity index is 377. The summed E-state index contributed by atoms with van der Waals surface area (Å²) < 4.78 is 10.5. The zero-order valence-electron chi connectivity index (χ0n) is 8.84. The molecule has 0 saturated carbocycles. The van der Waals surface area contributed by atoms with E-state index >= 15 is 0 Å². The van der Waals surface area contributed by atoms with Crippen LogP contribution in [0, 0.1) is 0 Å². The highest BCUT2D eigenvalue weighted by molar-refractivity contribution is 5.80. The average molecular weight is 272 g/mol. The van der Waals surface area contributed by atoms with Crippen LogP contribution in [-0.2, 0) is 6.42 Å². The summed E-state index contributed by atoms with van der Waals surface area (Å²) in [6, 6.07) is 4.05. The maximum absolute atomic E-state index is 5.24. The van der Waals surface area contributed by atoms with Crippen LogP contribution in [0.5, 0.6) is 11.5 Å². The van der Waals surface area contributed by atoms with Crippen molar-refractivity contribution in [3.8, 4) is 11.5 Å². The van der Waals surface area contributed by atoms with Gasteiger partial charge in [-0.1, -0.05) is 0 Å². The molecule has 2 rings (SSSR count). The van der Waals surface area contributed by atoms with Crippen molar-refractivity contribution in [2.75, 3.05) is 20.8 Å². The van der Waals surface area contributed by atoms with Gasteiger partial charge in [-0.2, -0.15) is 0 Å². The number of hydrogen-bond acceptors (Lipinski definition) is 2. The first kappa shape index (κ1) is 12.0. The minimum Gasteiger partial charge on any atom is -1.00 e. The van der Waals surface area contributed by atoms with Crippen LogP contribution in [0.1, 0.15) is 11.1 Å². The molecule has 0 aliphatic carbocycles. The van der Waals surface area contributed by atoms with E-state index in [9.17, 15) is 0 Å². The summed E-state index contributed by atoms with van der Waals surface area (Å²) in [7, 11) is 3.32. The number of rotatable bonds is 2. The summed E-state index contributed by atoms with van der Waals surface area (Å²) in [6.45, 7) is 0.989. The maximum atomic E-state index is 5.24. The maximum Gasteiger partial charge on any atom is 0.169 e. The Morgan fingerprint density at radius 1 is 1.13 bits per heavy atom. The van der Waals surface area contributed by atoms with Crippen LogP contribution < -0.4 is 31.4 Å². The molecule has 4 heteroatoms. The second-order valence-electron chi connectivity index (χ2n) is 3.25. The SMILES string of the molecule is COc1cc2c(cc1OC)CC[NH+]=C2.[Br-]. The van der Waals surface area contributed by atoms with E-state index in [1.807, 2.05) is 18.3 Å². The molecule has 0 fully saturated rings. The number of halogens is 1. The van der Waals surface area contributed by atoms with Gasteiger partial charge in [0.1, 0.15) is 6.54 Å². The fourth-order valence-electron chi connectivity index (χ4n) is 1.68. The summed E-state index contributed by atoms with van der Waals surface area (Å²) in [5.41, 5.74) is 2.50. The first-order chi connectivity index (χ1) is 6.85. The fourth-order valence-corrected chi connectivity index (χ4v) is 1.68. The molecular formula is C11H14BrNO2. The second kappa shape index (κ2) is 5.16. The number of benzene rings is 1. The summed E-state index contributed by atoms with van der Waals surface area (Å²) in [5, 5.41) is 0. The van der Waals surface area contributed by atoms with E-state index in [4.69, 9.17) is 9.47 Å². The Kier molecular flexibility index (Phi) is 4.15. The quantitative estimate of drug-likeness (QED) is 0.614. The average Bonchev–Trinajstić information content (AvgIpc) is 2.27. The molecule has 1 aromatic rings. The van der Waals surface area contributed by atoms with Crippen LogP contribution in [0.25, 0.3) is 0 Å². The smallest absolute Gasteiger partial charge is 0.169 e. The molecule has 0 spiro atoms. The number of ether oxygens (including phenoxy) is 2. The molecule has 0 atom stereocenters. The van der Waals surface area contributed by atoms with Gasteiger partial charge in [-0.05, 0) is 17.7 Å². The molecule has 1 N–H and O–H groups in total. The Labute approximate surface area is 99.9 Å². The van der Waals surface area contributed by atoms with E-state index in [1.165, 1.54) is 11.1 Å². The number of fused-ring (bicyclic) bond motifs is 1. The molecule has 0 saturated heterocycles. The Morgan fingerprint density at radius 3 is 2.47 bits per heavy atom. The minimum atomic E-state index is 0. The normalized spacial score (nSPS) is 12.7. The summed E-state index contributed by atoms with van der Waals surface area (Å²) in [6.07, 6.45) is 3.05. The molecule has 3 nitrogen and oxygen atoms in total. The van der Waals surface area contributed by atoms with Crippen molar-refractivity contribution in [2.24, 2.45) is 0 Å². The van der Waals surface area contributed by atoms with Crippen LogP contribution >= 0.6 is 0 Å². The molecule has 0 amide bonds. The van der Waals surface area contributed by atoms with Crippen molar-refractivity contribution >= 4 is 6.21 Å². The zero-order chi connectivity index (χ0) is 9.97. The van der Waals surface area contributed by atoms with Gasteiger partial charge in [0.05, 0.1) is 14.2 Å². The molecule has 15 heavy (non-hydrogen) atoms. The molecule has 0 aromatic heterocycles. The highest BCUT2D eigenvalue weighted by atomic mass is 79.9. The van der Waals surface area contributed by atoms with Gasteiger partial charge >= 0.3 is 0 Å². The number of nitrogens with one attached hydrogen (secondary N) is 1. The van der Waals surface area contributed by atoms with Crippen LogP contribution in [0.15, 0.2) is 12.1 Å². The fraction of sp³-hybridized carbons (Fsp3) is 0.364. The molecule has 0 bridgehead atoms. The Hall–Kier alpha value is -1.03. The lowest BCUT2D eigenvalue weighted by Crippen LogP contribution is -3.00. The van der Waals surface area contributed by atoms with Gasteiger partial charge in [0.25, 0.3) is 0 Å². The van der Waals surface area contributed by atoms with Crippen LogP contribution in [0.3, 0.4) is 0 Å². The van der Waals surface area contributed by atoms with Crippen molar-refractivity contribution in [3.63, 3.8) is 0 Å². The minimum absolute atomic E-state index is 0. The van der Waals surface area contributed by atoms with E-state index in [1.54, 1.807) is 14.2 Å². The lowest BCUT2D eigenvalue weighted by atomic mass is 10.0. The van der Waals surface area contributed by atoms with Gasteiger partial charge in [0.2, 0.25) is 0 Å². The molecule has 82 valence electrons. The second-order valence-corrected chi connectivity index (χ2v) is 3.25. The van der Waals surface area contributed by atoms with Crippen LogP contribution in [0.4, 0.5) is 0 Å². The summed E-state index contributed by atoms with van der Waals surface area (Å²) in [4.78, 5) is 3.21. The standard InChI is InChI=1S/C11H13NO2.BrH/c1-13-10-5-8-3-4-12-7-9(8)6-11(10)14-2;/h5-7H,3-4H2,1-2H3;1H. The predicted octanol–water partition coefficient (Wildman–Crippen LogP) is -3.24. The highest BCUT2D eigenvalue weighted by Gasteiger charge is 2.14. The van der Waals surface area contributed by atoms with Crippen molar-refractivity contribution in [2.45, 2.75) is 6.42 Å². The van der Waals surface area contributed by atoms with Crippen molar-refractivity contribution in [1.82, 2.24) is 0 Å². The topological polar surface area (TPSA) is 32.4 Å². The predicted molar refractivity (Wildman–Crippen MR) is 54.2 cm³/mol. The van der Waals surface area contributed by atoms with E-state index in [2.05, 4.69) is 4.99 Å². The molecule has 1 aliphatic rings. The molecule has 0 radical (unpaired) electrons. The van der Waals surface area contributed by atoms with Gasteiger partial charge in [-0.25, -0.2) is 4.99 Å². The zero-order valence-corrected chi connectivity index (χ0v) is 10.4. The van der Waals surface area contributed by atoms with Crippen molar-refractivity contribution in [3.05, 3.63) is 23.3 Å². The Balaban J connectivity index is 0.00000112. The molecule has 1 heterocycles. The highest BCUT2D eigenvalue weighted by Crippen LogP contribution is 2.30. The van der Waals surface area contributed by atoms with Gasteiger partial charge in [-0.3, -0.25) is 0 Å². The number of methoxy groups -OCH3 is 2. The monoisotopic (exact) mass is 271 g/mol. The molecular weight excluding hydrogens is 258 g/mol. The lowest BCUT2D eigenvalue weighted by molar-refractivity contribution is -0.452. The van der Waals surface area contributed by atoms with Crippen LogP contribution in [-0.4, -0.2) is 27.0 Å². The third-order valence-corrected chi connectivity index (χ3v) is 2.44. The van der Waals surface area contributed by atoms with Gasteiger partial charge in [-0.15, -0.1) is 0 Å². The van der Waals surface area contributed by atoms with E-state index < -0.39 is 0 Å². The van der Waals surface area contributed by atoms with Gasteiger partial charge < -0.3 is 26.5 Å². The summed E-state index contributed by atoms with van der Waals surface area (Å²) >= 11 is 0.